The summed E-state index contributed by atoms with van der Waals surface area (Å²) in [6, 6.07) is 0.0356. The van der Waals surface area contributed by atoms with Crippen LogP contribution in [0.4, 0.5) is 6.01 Å². The second kappa shape index (κ2) is 5.22. The number of hydrogen-bond donors (Lipinski definition) is 2. The highest BCUT2D eigenvalue weighted by atomic mass is 16.4. The van der Waals surface area contributed by atoms with Crippen LogP contribution in [0.3, 0.4) is 0 Å². The molecule has 110 valence electrons. The van der Waals surface area contributed by atoms with Gasteiger partial charge in [0.1, 0.15) is 0 Å². The minimum absolute atomic E-state index is 0.0356. The summed E-state index contributed by atoms with van der Waals surface area (Å²) in [6.45, 7) is 5.11. The third-order valence-electron chi connectivity index (χ3n) is 3.90. The second-order valence-corrected chi connectivity index (χ2v) is 5.82. The largest absolute Gasteiger partial charge is 0.481 e. The van der Waals surface area contributed by atoms with Crippen LogP contribution in [-0.4, -0.2) is 27.2 Å². The van der Waals surface area contributed by atoms with Crippen molar-refractivity contribution in [3.05, 3.63) is 5.89 Å². The molecule has 1 atom stereocenters. The highest BCUT2D eigenvalue weighted by Crippen LogP contribution is 2.39. The fraction of sp³-hybridized carbons (Fsp3) is 0.692. The first-order valence-electron chi connectivity index (χ1n) is 6.69. The molecule has 1 aliphatic rings. The van der Waals surface area contributed by atoms with Crippen LogP contribution in [0.25, 0.3) is 0 Å². The van der Waals surface area contributed by atoms with Gasteiger partial charge in [-0.05, 0) is 25.7 Å². The molecular formula is C13H19N3O4. The van der Waals surface area contributed by atoms with Crippen molar-refractivity contribution in [2.75, 3.05) is 5.32 Å². The fourth-order valence-corrected chi connectivity index (χ4v) is 1.80. The molecule has 2 N–H and O–H groups in total. The minimum atomic E-state index is -1.12. The molecule has 0 aromatic carbocycles. The van der Waals surface area contributed by atoms with Gasteiger partial charge in [-0.3, -0.25) is 14.9 Å². The van der Waals surface area contributed by atoms with Gasteiger partial charge in [0.05, 0.1) is 5.41 Å². The van der Waals surface area contributed by atoms with Gasteiger partial charge in [0.2, 0.25) is 11.8 Å². The first-order chi connectivity index (χ1) is 9.33. The Morgan fingerprint density at radius 3 is 2.60 bits per heavy atom. The summed E-state index contributed by atoms with van der Waals surface area (Å²) in [6.07, 6.45) is 1.92. The van der Waals surface area contributed by atoms with Crippen LogP contribution < -0.4 is 5.32 Å². The van der Waals surface area contributed by atoms with Crippen LogP contribution in [0.2, 0.25) is 0 Å². The van der Waals surface area contributed by atoms with Gasteiger partial charge in [0.15, 0.2) is 0 Å². The number of amides is 1. The summed E-state index contributed by atoms with van der Waals surface area (Å²) in [4.78, 5) is 23.3. The lowest BCUT2D eigenvalue weighted by atomic mass is 9.76. The fourth-order valence-electron chi connectivity index (χ4n) is 1.80. The number of carbonyl (C=O) groups excluding carboxylic acids is 1. The third kappa shape index (κ3) is 2.97. The maximum atomic E-state index is 11.9. The van der Waals surface area contributed by atoms with E-state index in [1.807, 2.05) is 0 Å². The highest BCUT2D eigenvalue weighted by Gasteiger charge is 2.39. The number of carboxylic acid groups (broad SMARTS) is 1. The maximum absolute atomic E-state index is 11.9. The van der Waals surface area contributed by atoms with Crippen molar-refractivity contribution in [2.24, 2.45) is 11.3 Å². The van der Waals surface area contributed by atoms with E-state index < -0.39 is 17.3 Å². The Morgan fingerprint density at radius 2 is 2.10 bits per heavy atom. The van der Waals surface area contributed by atoms with E-state index >= 15 is 0 Å². The molecule has 0 bridgehead atoms. The van der Waals surface area contributed by atoms with Crippen LogP contribution in [0.15, 0.2) is 4.42 Å². The number of hydrogen-bond acceptors (Lipinski definition) is 5. The topological polar surface area (TPSA) is 105 Å². The number of nitrogens with zero attached hydrogens (tertiary/aromatic N) is 2. The van der Waals surface area contributed by atoms with Crippen molar-refractivity contribution in [1.29, 1.82) is 0 Å². The molecule has 0 spiro atoms. The van der Waals surface area contributed by atoms with Gasteiger partial charge >= 0.3 is 12.0 Å². The molecule has 1 aromatic rings. The standard InChI is InChI=1S/C13H19N3O4/c1-7(2)13(3,11(18)19)6-9(17)14-12-16-15-10(20-12)8-4-5-8/h7-8H,4-6H2,1-3H3,(H,18,19)(H,14,16,17). The number of anilines is 1. The van der Waals surface area contributed by atoms with E-state index in [4.69, 9.17) is 4.42 Å². The van der Waals surface area contributed by atoms with E-state index in [1.165, 1.54) is 0 Å². The quantitative estimate of drug-likeness (QED) is 0.826. The van der Waals surface area contributed by atoms with Gasteiger partial charge < -0.3 is 9.52 Å². The Hall–Kier alpha value is -1.92. The number of carbonyl (C=O) groups is 2. The van der Waals surface area contributed by atoms with Crippen LogP contribution in [-0.2, 0) is 9.59 Å². The number of carboxylic acids is 1. The summed E-state index contributed by atoms with van der Waals surface area (Å²) in [5.41, 5.74) is -1.12. The predicted molar refractivity (Wildman–Crippen MR) is 70.1 cm³/mol. The Balaban J connectivity index is 1.98. The van der Waals surface area contributed by atoms with Gasteiger partial charge in [0.25, 0.3) is 0 Å². The predicted octanol–water partition coefficient (Wildman–Crippen LogP) is 2.02. The average molecular weight is 281 g/mol. The molecule has 0 saturated heterocycles. The number of aliphatic carboxylic acids is 1. The number of rotatable bonds is 6. The maximum Gasteiger partial charge on any atom is 0.322 e. The van der Waals surface area contributed by atoms with Crippen molar-refractivity contribution in [3.63, 3.8) is 0 Å². The molecule has 1 aromatic heterocycles. The third-order valence-corrected chi connectivity index (χ3v) is 3.90. The lowest BCUT2D eigenvalue weighted by Gasteiger charge is -2.27. The van der Waals surface area contributed by atoms with E-state index in [2.05, 4.69) is 15.5 Å². The van der Waals surface area contributed by atoms with E-state index in [0.29, 0.717) is 11.8 Å². The van der Waals surface area contributed by atoms with E-state index in [-0.39, 0.29) is 18.4 Å². The van der Waals surface area contributed by atoms with Crippen LogP contribution in [0, 0.1) is 11.3 Å². The van der Waals surface area contributed by atoms with Crippen LogP contribution in [0.5, 0.6) is 0 Å². The molecule has 0 radical (unpaired) electrons. The summed E-state index contributed by atoms with van der Waals surface area (Å²) in [7, 11) is 0. The summed E-state index contributed by atoms with van der Waals surface area (Å²) in [5.74, 6) is -0.754. The van der Waals surface area contributed by atoms with E-state index in [1.54, 1.807) is 20.8 Å². The zero-order valence-electron chi connectivity index (χ0n) is 11.8. The van der Waals surface area contributed by atoms with Gasteiger partial charge in [-0.2, -0.15) is 0 Å². The van der Waals surface area contributed by atoms with Crippen molar-refractivity contribution >= 4 is 17.9 Å². The highest BCUT2D eigenvalue weighted by molar-refractivity contribution is 5.92. The van der Waals surface area contributed by atoms with Crippen molar-refractivity contribution in [1.82, 2.24) is 10.2 Å². The van der Waals surface area contributed by atoms with E-state index in [0.717, 1.165) is 12.8 Å². The average Bonchev–Trinajstić information content (AvgIpc) is 3.10. The van der Waals surface area contributed by atoms with Crippen molar-refractivity contribution < 1.29 is 19.1 Å². The number of nitrogens with one attached hydrogen (secondary N) is 1. The SMILES string of the molecule is CC(C)C(C)(CC(=O)Nc1nnc(C2CC2)o1)C(=O)O. The Morgan fingerprint density at radius 1 is 1.45 bits per heavy atom. The van der Waals surface area contributed by atoms with Gasteiger partial charge in [-0.15, -0.1) is 5.10 Å². The Bertz CT molecular complexity index is 521. The molecule has 1 fully saturated rings. The summed E-state index contributed by atoms with van der Waals surface area (Å²) >= 11 is 0. The molecular weight excluding hydrogens is 262 g/mol. The zero-order valence-corrected chi connectivity index (χ0v) is 11.8. The monoisotopic (exact) mass is 281 g/mol. The molecule has 1 aliphatic carbocycles. The molecule has 1 heterocycles. The van der Waals surface area contributed by atoms with Gasteiger partial charge in [0, 0.05) is 12.3 Å². The molecule has 1 unspecified atom stereocenters. The molecule has 7 nitrogen and oxygen atoms in total. The second-order valence-electron chi connectivity index (χ2n) is 5.82. The van der Waals surface area contributed by atoms with Gasteiger partial charge in [-0.25, -0.2) is 0 Å². The Kier molecular flexibility index (Phi) is 3.78. The summed E-state index contributed by atoms with van der Waals surface area (Å²) in [5, 5.41) is 19.3. The lowest BCUT2D eigenvalue weighted by Crippen LogP contribution is -2.37. The molecule has 1 amide bonds. The van der Waals surface area contributed by atoms with E-state index in [9.17, 15) is 14.7 Å². The molecule has 2 rings (SSSR count). The minimum Gasteiger partial charge on any atom is -0.481 e. The summed E-state index contributed by atoms with van der Waals surface area (Å²) < 4.78 is 5.31. The molecule has 0 aliphatic heterocycles. The first kappa shape index (κ1) is 14.5. The molecule has 7 heteroatoms. The zero-order chi connectivity index (χ0) is 14.9. The van der Waals surface area contributed by atoms with Crippen molar-refractivity contribution in [3.8, 4) is 0 Å². The first-order valence-corrected chi connectivity index (χ1v) is 6.69. The van der Waals surface area contributed by atoms with Crippen LogP contribution >= 0.6 is 0 Å². The smallest absolute Gasteiger partial charge is 0.322 e. The normalized spacial score (nSPS) is 17.8. The number of aromatic nitrogens is 2. The van der Waals surface area contributed by atoms with Crippen LogP contribution in [0.1, 0.15) is 51.8 Å². The van der Waals surface area contributed by atoms with Crippen molar-refractivity contribution in [2.45, 2.75) is 46.0 Å². The molecule has 1 saturated carbocycles. The Labute approximate surface area is 116 Å². The molecule has 20 heavy (non-hydrogen) atoms. The van der Waals surface area contributed by atoms with Gasteiger partial charge in [-0.1, -0.05) is 18.9 Å². The lowest BCUT2D eigenvalue weighted by molar-refractivity contribution is -0.153.